The van der Waals surface area contributed by atoms with E-state index in [1.165, 1.54) is 16.3 Å². The number of nitrogens with one attached hydrogen (secondary N) is 2. The Balaban J connectivity index is 1.56. The first kappa shape index (κ1) is 20.9. The van der Waals surface area contributed by atoms with Gasteiger partial charge >= 0.3 is 0 Å². The van der Waals surface area contributed by atoms with E-state index in [-0.39, 0.29) is 17.4 Å². The molecule has 0 unspecified atom stereocenters. The van der Waals surface area contributed by atoms with Gasteiger partial charge in [0.15, 0.2) is 0 Å². The lowest BCUT2D eigenvalue weighted by Gasteiger charge is -2.20. The molecule has 0 aliphatic heterocycles. The van der Waals surface area contributed by atoms with Crippen LogP contribution in [0.3, 0.4) is 0 Å². The smallest absolute Gasteiger partial charge is 0.251 e. The SMILES string of the molecule is CC(C)(C)NC(=O)c1cccc(NC(=O)CSCc2cccc3ccccc23)c1. The molecule has 0 spiro atoms. The van der Waals surface area contributed by atoms with E-state index in [9.17, 15) is 9.59 Å². The molecule has 0 saturated carbocycles. The van der Waals surface area contributed by atoms with Crippen LogP contribution in [0.1, 0.15) is 36.7 Å². The topological polar surface area (TPSA) is 58.2 Å². The van der Waals surface area contributed by atoms with E-state index >= 15 is 0 Å². The van der Waals surface area contributed by atoms with Gasteiger partial charge in [-0.1, -0.05) is 48.5 Å². The van der Waals surface area contributed by atoms with Crippen molar-refractivity contribution in [2.75, 3.05) is 11.1 Å². The first-order valence-electron chi connectivity index (χ1n) is 9.59. The van der Waals surface area contributed by atoms with Crippen molar-refractivity contribution < 1.29 is 9.59 Å². The van der Waals surface area contributed by atoms with Crippen LogP contribution < -0.4 is 10.6 Å². The minimum atomic E-state index is -0.311. The van der Waals surface area contributed by atoms with E-state index < -0.39 is 0 Å². The van der Waals surface area contributed by atoms with Gasteiger partial charge in [0.1, 0.15) is 0 Å². The number of carbonyl (C=O) groups excluding carboxylic acids is 2. The molecule has 3 aromatic carbocycles. The van der Waals surface area contributed by atoms with Gasteiger partial charge in [-0.3, -0.25) is 9.59 Å². The van der Waals surface area contributed by atoms with Crippen LogP contribution in [0.4, 0.5) is 5.69 Å². The molecule has 0 aromatic heterocycles. The fraction of sp³-hybridized carbons (Fsp3) is 0.250. The summed E-state index contributed by atoms with van der Waals surface area (Å²) in [6, 6.07) is 21.5. The highest BCUT2D eigenvalue weighted by atomic mass is 32.2. The van der Waals surface area contributed by atoms with Gasteiger partial charge in [-0.05, 0) is 55.3 Å². The van der Waals surface area contributed by atoms with Crippen LogP contribution in [-0.2, 0) is 10.5 Å². The average Bonchev–Trinajstić information content (AvgIpc) is 2.67. The highest BCUT2D eigenvalue weighted by Gasteiger charge is 2.15. The fourth-order valence-corrected chi connectivity index (χ4v) is 3.85. The second-order valence-corrected chi connectivity index (χ2v) is 8.95. The first-order valence-corrected chi connectivity index (χ1v) is 10.7. The molecule has 5 heteroatoms. The number of benzene rings is 3. The molecular weight excluding hydrogens is 380 g/mol. The molecule has 3 rings (SSSR count). The standard InChI is InChI=1S/C24H26N2O2S/c1-24(2,3)26-23(28)18-10-7-12-20(14-18)25-22(27)16-29-15-19-11-6-9-17-8-4-5-13-21(17)19/h4-14H,15-16H2,1-3H3,(H,25,27)(H,26,28). The van der Waals surface area contributed by atoms with E-state index in [4.69, 9.17) is 0 Å². The van der Waals surface area contributed by atoms with E-state index in [0.29, 0.717) is 17.0 Å². The van der Waals surface area contributed by atoms with Gasteiger partial charge in [0, 0.05) is 22.5 Å². The summed E-state index contributed by atoms with van der Waals surface area (Å²) >= 11 is 1.58. The molecule has 0 saturated heterocycles. The van der Waals surface area contributed by atoms with Crippen molar-refractivity contribution in [3.05, 3.63) is 77.9 Å². The van der Waals surface area contributed by atoms with Crippen LogP contribution in [0.2, 0.25) is 0 Å². The molecule has 2 amide bonds. The van der Waals surface area contributed by atoms with Crippen molar-refractivity contribution in [1.82, 2.24) is 5.32 Å². The highest BCUT2D eigenvalue weighted by molar-refractivity contribution is 7.99. The third-order valence-electron chi connectivity index (χ3n) is 4.27. The maximum atomic E-state index is 12.3. The first-order chi connectivity index (χ1) is 13.8. The molecule has 0 aliphatic rings. The van der Waals surface area contributed by atoms with E-state index in [1.54, 1.807) is 36.0 Å². The number of fused-ring (bicyclic) bond motifs is 1. The Morgan fingerprint density at radius 2 is 1.66 bits per heavy atom. The van der Waals surface area contributed by atoms with Crippen LogP contribution in [0, 0.1) is 0 Å². The largest absolute Gasteiger partial charge is 0.347 e. The van der Waals surface area contributed by atoms with Crippen molar-refractivity contribution in [3.8, 4) is 0 Å². The molecular formula is C24H26N2O2S. The average molecular weight is 407 g/mol. The van der Waals surface area contributed by atoms with Gasteiger partial charge in [0.25, 0.3) is 5.91 Å². The van der Waals surface area contributed by atoms with E-state index in [2.05, 4.69) is 34.9 Å². The number of hydrogen-bond donors (Lipinski definition) is 2. The summed E-state index contributed by atoms with van der Waals surface area (Å²) in [5, 5.41) is 8.24. The predicted molar refractivity (Wildman–Crippen MR) is 122 cm³/mol. The van der Waals surface area contributed by atoms with Gasteiger partial charge in [-0.2, -0.15) is 0 Å². The summed E-state index contributed by atoms with van der Waals surface area (Å²) < 4.78 is 0. The van der Waals surface area contributed by atoms with Crippen LogP contribution in [0.5, 0.6) is 0 Å². The van der Waals surface area contributed by atoms with Crippen LogP contribution in [-0.4, -0.2) is 23.1 Å². The number of amides is 2. The van der Waals surface area contributed by atoms with Crippen molar-refractivity contribution in [3.63, 3.8) is 0 Å². The normalized spacial score (nSPS) is 11.3. The highest BCUT2D eigenvalue weighted by Crippen LogP contribution is 2.23. The summed E-state index contributed by atoms with van der Waals surface area (Å²) in [6.07, 6.45) is 0. The zero-order chi connectivity index (χ0) is 20.9. The summed E-state index contributed by atoms with van der Waals surface area (Å²) in [4.78, 5) is 24.7. The molecule has 0 radical (unpaired) electrons. The van der Waals surface area contributed by atoms with Crippen LogP contribution >= 0.6 is 11.8 Å². The Bertz CT molecular complexity index is 1020. The maximum Gasteiger partial charge on any atom is 0.251 e. The van der Waals surface area contributed by atoms with Crippen molar-refractivity contribution >= 4 is 40.0 Å². The maximum absolute atomic E-state index is 12.3. The second-order valence-electron chi connectivity index (χ2n) is 7.96. The summed E-state index contributed by atoms with van der Waals surface area (Å²) in [7, 11) is 0. The van der Waals surface area contributed by atoms with E-state index in [1.807, 2.05) is 39.0 Å². The van der Waals surface area contributed by atoms with Crippen molar-refractivity contribution in [1.29, 1.82) is 0 Å². The number of hydrogen-bond acceptors (Lipinski definition) is 3. The monoisotopic (exact) mass is 406 g/mol. The Labute approximate surface area is 176 Å². The molecule has 0 aliphatic carbocycles. The summed E-state index contributed by atoms with van der Waals surface area (Å²) in [5.74, 6) is 0.882. The molecule has 4 nitrogen and oxygen atoms in total. The summed E-state index contributed by atoms with van der Waals surface area (Å²) in [5.41, 5.74) is 2.07. The Kier molecular flexibility index (Phi) is 6.60. The molecule has 3 aromatic rings. The van der Waals surface area contributed by atoms with Crippen molar-refractivity contribution in [2.45, 2.75) is 32.1 Å². The third kappa shape index (κ3) is 6.09. The van der Waals surface area contributed by atoms with Gasteiger partial charge < -0.3 is 10.6 Å². The lowest BCUT2D eigenvalue weighted by Crippen LogP contribution is -2.40. The third-order valence-corrected chi connectivity index (χ3v) is 5.25. The molecule has 0 fully saturated rings. The Hall–Kier alpha value is -2.79. The second kappa shape index (κ2) is 9.14. The van der Waals surface area contributed by atoms with Gasteiger partial charge in [0.05, 0.1) is 5.75 Å². The zero-order valence-electron chi connectivity index (χ0n) is 17.0. The molecule has 29 heavy (non-hydrogen) atoms. The van der Waals surface area contributed by atoms with Crippen molar-refractivity contribution in [2.24, 2.45) is 0 Å². The van der Waals surface area contributed by atoms with Gasteiger partial charge in [0.2, 0.25) is 5.91 Å². The zero-order valence-corrected chi connectivity index (χ0v) is 17.8. The van der Waals surface area contributed by atoms with Crippen LogP contribution in [0.15, 0.2) is 66.7 Å². The lowest BCUT2D eigenvalue weighted by molar-refractivity contribution is -0.113. The molecule has 0 heterocycles. The minimum absolute atomic E-state index is 0.0800. The molecule has 0 bridgehead atoms. The Morgan fingerprint density at radius 1 is 0.931 bits per heavy atom. The molecule has 150 valence electrons. The Morgan fingerprint density at radius 3 is 2.45 bits per heavy atom. The number of carbonyl (C=O) groups is 2. The van der Waals surface area contributed by atoms with Gasteiger partial charge in [-0.25, -0.2) is 0 Å². The number of rotatable bonds is 6. The predicted octanol–water partition coefficient (Wildman–Crippen LogP) is 5.24. The molecule has 0 atom stereocenters. The molecule has 2 N–H and O–H groups in total. The summed E-state index contributed by atoms with van der Waals surface area (Å²) in [6.45, 7) is 5.80. The van der Waals surface area contributed by atoms with Gasteiger partial charge in [-0.15, -0.1) is 11.8 Å². The lowest BCUT2D eigenvalue weighted by atomic mass is 10.1. The quantitative estimate of drug-likeness (QED) is 0.588. The van der Waals surface area contributed by atoms with Crippen LogP contribution in [0.25, 0.3) is 10.8 Å². The number of thioether (sulfide) groups is 1. The minimum Gasteiger partial charge on any atom is -0.347 e. The number of anilines is 1. The fourth-order valence-electron chi connectivity index (χ4n) is 3.02. The van der Waals surface area contributed by atoms with E-state index in [0.717, 1.165) is 5.75 Å².